The van der Waals surface area contributed by atoms with Gasteiger partial charge in [0.2, 0.25) is 0 Å². The van der Waals surface area contributed by atoms with Crippen molar-refractivity contribution in [1.29, 1.82) is 0 Å². The van der Waals surface area contributed by atoms with Crippen molar-refractivity contribution >= 4 is 0 Å². The van der Waals surface area contributed by atoms with E-state index < -0.39 is 0 Å². The summed E-state index contributed by atoms with van der Waals surface area (Å²) < 4.78 is 0. The smallest absolute Gasteiger partial charge is 0.0210 e. The first-order valence-corrected chi connectivity index (χ1v) is 4.91. The van der Waals surface area contributed by atoms with Crippen LogP contribution in [-0.2, 0) is 0 Å². The molecule has 2 aliphatic heterocycles. The third kappa shape index (κ3) is 1.58. The lowest BCUT2D eigenvalue weighted by Gasteiger charge is -2.24. The van der Waals surface area contributed by atoms with E-state index in [1.54, 1.807) is 5.70 Å². The lowest BCUT2D eigenvalue weighted by Crippen LogP contribution is -2.22. The zero-order valence-electron chi connectivity index (χ0n) is 7.18. The van der Waals surface area contributed by atoms with Gasteiger partial charge in [0.05, 0.1) is 0 Å². The Kier molecular flexibility index (Phi) is 2.16. The van der Waals surface area contributed by atoms with Crippen LogP contribution in [0.4, 0.5) is 0 Å². The van der Waals surface area contributed by atoms with Crippen molar-refractivity contribution in [2.45, 2.75) is 38.5 Å². The summed E-state index contributed by atoms with van der Waals surface area (Å²) in [7, 11) is 0. The fourth-order valence-electron chi connectivity index (χ4n) is 2.14. The van der Waals surface area contributed by atoms with Crippen LogP contribution in [0.2, 0.25) is 0 Å². The third-order valence-corrected chi connectivity index (χ3v) is 2.80. The van der Waals surface area contributed by atoms with Crippen LogP contribution in [0.25, 0.3) is 0 Å². The molecule has 1 saturated heterocycles. The summed E-state index contributed by atoms with van der Waals surface area (Å²) in [6.07, 6.45) is 10.8. The fraction of sp³-hybridized carbons (Fsp3) is 0.800. The largest absolute Gasteiger partial charge is 0.375 e. The van der Waals surface area contributed by atoms with Crippen LogP contribution in [0.5, 0.6) is 0 Å². The fourth-order valence-corrected chi connectivity index (χ4v) is 2.14. The van der Waals surface area contributed by atoms with Crippen LogP contribution in [0.1, 0.15) is 38.5 Å². The van der Waals surface area contributed by atoms with E-state index in [4.69, 9.17) is 0 Å². The molecule has 0 saturated carbocycles. The first-order valence-electron chi connectivity index (χ1n) is 4.91. The van der Waals surface area contributed by atoms with Crippen molar-refractivity contribution in [3.63, 3.8) is 0 Å². The molecular formula is C10H17N. The van der Waals surface area contributed by atoms with Gasteiger partial charge in [0.25, 0.3) is 0 Å². The normalized spacial score (nSPS) is 25.5. The number of rotatable bonds is 0. The molecule has 0 radical (unpaired) electrons. The van der Waals surface area contributed by atoms with Gasteiger partial charge in [-0.1, -0.05) is 18.9 Å². The monoisotopic (exact) mass is 151 g/mol. The minimum Gasteiger partial charge on any atom is -0.375 e. The van der Waals surface area contributed by atoms with Gasteiger partial charge < -0.3 is 4.90 Å². The standard InChI is InChI=1S/C10H17N/c1-2-4-8-11-9-5-7-10(11)6-3-1/h7H,1-6,8-9H2. The molecule has 0 unspecified atom stereocenters. The second-order valence-electron chi connectivity index (χ2n) is 3.64. The Balaban J connectivity index is 1.98. The highest BCUT2D eigenvalue weighted by Gasteiger charge is 2.15. The molecule has 0 aliphatic carbocycles. The van der Waals surface area contributed by atoms with E-state index in [0.29, 0.717) is 0 Å². The highest BCUT2D eigenvalue weighted by atomic mass is 15.1. The second kappa shape index (κ2) is 3.29. The second-order valence-corrected chi connectivity index (χ2v) is 3.64. The molecule has 0 N–H and O–H groups in total. The summed E-state index contributed by atoms with van der Waals surface area (Å²) >= 11 is 0. The lowest BCUT2D eigenvalue weighted by atomic mass is 10.1. The first kappa shape index (κ1) is 7.20. The van der Waals surface area contributed by atoms with Crippen LogP contribution >= 0.6 is 0 Å². The molecule has 2 aliphatic rings. The Morgan fingerprint density at radius 2 is 1.91 bits per heavy atom. The van der Waals surface area contributed by atoms with Crippen molar-refractivity contribution < 1.29 is 0 Å². The number of fused-ring (bicyclic) bond motifs is 1. The zero-order chi connectivity index (χ0) is 7.52. The number of hydrogen-bond acceptors (Lipinski definition) is 1. The Bertz CT molecular complexity index is 160. The first-order chi connectivity index (χ1) is 5.47. The molecule has 0 aromatic rings. The summed E-state index contributed by atoms with van der Waals surface area (Å²) in [5.41, 5.74) is 1.64. The Labute approximate surface area is 69.1 Å². The Morgan fingerprint density at radius 1 is 1.00 bits per heavy atom. The van der Waals surface area contributed by atoms with Gasteiger partial charge in [-0.05, 0) is 25.7 Å². The Morgan fingerprint density at radius 3 is 2.91 bits per heavy atom. The quantitative estimate of drug-likeness (QED) is 0.514. The third-order valence-electron chi connectivity index (χ3n) is 2.80. The number of hydrogen-bond donors (Lipinski definition) is 0. The number of allylic oxidation sites excluding steroid dienone is 1. The highest BCUT2D eigenvalue weighted by molar-refractivity contribution is 5.07. The van der Waals surface area contributed by atoms with Crippen molar-refractivity contribution in [3.8, 4) is 0 Å². The molecule has 0 amide bonds. The van der Waals surface area contributed by atoms with Gasteiger partial charge in [-0.2, -0.15) is 0 Å². The maximum Gasteiger partial charge on any atom is 0.0210 e. The van der Waals surface area contributed by atoms with Gasteiger partial charge in [0.15, 0.2) is 0 Å². The van der Waals surface area contributed by atoms with Crippen LogP contribution in [0, 0.1) is 0 Å². The average Bonchev–Trinajstić information content (AvgIpc) is 2.35. The van der Waals surface area contributed by atoms with Gasteiger partial charge in [-0.25, -0.2) is 0 Å². The van der Waals surface area contributed by atoms with Crippen molar-refractivity contribution in [1.82, 2.24) is 4.90 Å². The topological polar surface area (TPSA) is 3.24 Å². The molecule has 1 heteroatoms. The van der Waals surface area contributed by atoms with E-state index in [9.17, 15) is 0 Å². The van der Waals surface area contributed by atoms with E-state index in [1.807, 2.05) is 0 Å². The van der Waals surface area contributed by atoms with Gasteiger partial charge in [0, 0.05) is 18.8 Å². The molecule has 2 rings (SSSR count). The molecule has 0 atom stereocenters. The average molecular weight is 151 g/mol. The molecular weight excluding hydrogens is 134 g/mol. The predicted octanol–water partition coefficient (Wildman–Crippen LogP) is 2.54. The van der Waals surface area contributed by atoms with E-state index in [2.05, 4.69) is 11.0 Å². The molecule has 0 bridgehead atoms. The summed E-state index contributed by atoms with van der Waals surface area (Å²) in [6, 6.07) is 0. The van der Waals surface area contributed by atoms with E-state index in [-0.39, 0.29) is 0 Å². The molecule has 62 valence electrons. The zero-order valence-corrected chi connectivity index (χ0v) is 7.18. The predicted molar refractivity (Wildman–Crippen MR) is 47.4 cm³/mol. The Hall–Kier alpha value is -0.460. The van der Waals surface area contributed by atoms with Gasteiger partial charge >= 0.3 is 0 Å². The van der Waals surface area contributed by atoms with Crippen molar-refractivity contribution in [3.05, 3.63) is 11.8 Å². The molecule has 0 spiro atoms. The lowest BCUT2D eigenvalue weighted by molar-refractivity contribution is 0.332. The SMILES string of the molecule is C1=C2CCCCCCN2CC1. The summed E-state index contributed by atoms with van der Waals surface area (Å²) in [5, 5.41) is 0. The molecule has 1 nitrogen and oxygen atoms in total. The van der Waals surface area contributed by atoms with Crippen LogP contribution < -0.4 is 0 Å². The van der Waals surface area contributed by atoms with E-state index in [0.717, 1.165) is 0 Å². The number of nitrogens with zero attached hydrogens (tertiary/aromatic N) is 1. The van der Waals surface area contributed by atoms with Crippen LogP contribution in [0.15, 0.2) is 11.8 Å². The van der Waals surface area contributed by atoms with Gasteiger partial charge in [-0.15, -0.1) is 0 Å². The highest BCUT2D eigenvalue weighted by Crippen LogP contribution is 2.23. The van der Waals surface area contributed by atoms with Crippen molar-refractivity contribution in [2.24, 2.45) is 0 Å². The minimum absolute atomic E-state index is 1.30. The molecule has 11 heavy (non-hydrogen) atoms. The molecule has 1 fully saturated rings. The van der Waals surface area contributed by atoms with Gasteiger partial charge in [-0.3, -0.25) is 0 Å². The maximum atomic E-state index is 2.58. The van der Waals surface area contributed by atoms with Crippen molar-refractivity contribution in [2.75, 3.05) is 13.1 Å². The summed E-state index contributed by atoms with van der Waals surface area (Å²) in [5.74, 6) is 0. The van der Waals surface area contributed by atoms with Crippen LogP contribution in [0.3, 0.4) is 0 Å². The molecule has 2 heterocycles. The van der Waals surface area contributed by atoms with E-state index >= 15 is 0 Å². The van der Waals surface area contributed by atoms with E-state index in [1.165, 1.54) is 51.6 Å². The van der Waals surface area contributed by atoms with Gasteiger partial charge in [0.1, 0.15) is 0 Å². The maximum absolute atomic E-state index is 2.58. The molecule has 0 aromatic heterocycles. The summed E-state index contributed by atoms with van der Waals surface area (Å²) in [6.45, 7) is 2.63. The summed E-state index contributed by atoms with van der Waals surface area (Å²) in [4.78, 5) is 2.58. The van der Waals surface area contributed by atoms with Crippen LogP contribution in [-0.4, -0.2) is 18.0 Å². The molecule has 0 aromatic carbocycles. The minimum atomic E-state index is 1.30.